The lowest BCUT2D eigenvalue weighted by Gasteiger charge is -2.33. The van der Waals surface area contributed by atoms with Gasteiger partial charge in [-0.2, -0.15) is 0 Å². The average molecular weight is 263 g/mol. The van der Waals surface area contributed by atoms with Crippen molar-refractivity contribution in [2.45, 2.75) is 58.5 Å². The van der Waals surface area contributed by atoms with Crippen molar-refractivity contribution in [3.8, 4) is 0 Å². The van der Waals surface area contributed by atoms with Crippen molar-refractivity contribution in [3.05, 3.63) is 35.6 Å². The monoisotopic (exact) mass is 263 g/mol. The van der Waals surface area contributed by atoms with Crippen LogP contribution < -0.4 is 5.32 Å². The lowest BCUT2D eigenvalue weighted by Crippen LogP contribution is -2.35. The smallest absolute Gasteiger partial charge is 0.123 e. The molecule has 0 radical (unpaired) electrons. The highest BCUT2D eigenvalue weighted by Crippen LogP contribution is 2.30. The van der Waals surface area contributed by atoms with Crippen molar-refractivity contribution in [2.75, 3.05) is 0 Å². The van der Waals surface area contributed by atoms with Crippen LogP contribution >= 0.6 is 0 Å². The van der Waals surface area contributed by atoms with E-state index in [2.05, 4.69) is 26.1 Å². The number of halogens is 1. The number of rotatable bonds is 4. The summed E-state index contributed by atoms with van der Waals surface area (Å²) in [7, 11) is 0. The lowest BCUT2D eigenvalue weighted by molar-refractivity contribution is 0.231. The first-order valence-electron chi connectivity index (χ1n) is 7.57. The Morgan fingerprint density at radius 3 is 2.37 bits per heavy atom. The van der Waals surface area contributed by atoms with Crippen molar-refractivity contribution in [1.82, 2.24) is 5.32 Å². The van der Waals surface area contributed by atoms with Crippen LogP contribution in [-0.4, -0.2) is 6.04 Å². The molecule has 1 N–H and O–H groups in total. The van der Waals surface area contributed by atoms with Gasteiger partial charge in [0, 0.05) is 12.1 Å². The van der Waals surface area contributed by atoms with Gasteiger partial charge in [0.1, 0.15) is 5.82 Å². The van der Waals surface area contributed by atoms with Crippen molar-refractivity contribution in [3.63, 3.8) is 0 Å². The maximum absolute atomic E-state index is 13.2. The van der Waals surface area contributed by atoms with Gasteiger partial charge < -0.3 is 5.32 Å². The Labute approximate surface area is 116 Å². The van der Waals surface area contributed by atoms with E-state index in [1.54, 1.807) is 12.1 Å². The van der Waals surface area contributed by atoms with Crippen LogP contribution in [0, 0.1) is 17.7 Å². The van der Waals surface area contributed by atoms with Gasteiger partial charge in [-0.15, -0.1) is 0 Å². The minimum absolute atomic E-state index is 0.144. The van der Waals surface area contributed by atoms with Crippen LogP contribution in [0.2, 0.25) is 0 Å². The largest absolute Gasteiger partial charge is 0.307 e. The first-order valence-corrected chi connectivity index (χ1v) is 7.57. The molecule has 2 heteroatoms. The number of hydrogen-bond donors (Lipinski definition) is 1. The van der Waals surface area contributed by atoms with E-state index in [0.717, 1.165) is 17.4 Å². The van der Waals surface area contributed by atoms with Gasteiger partial charge >= 0.3 is 0 Å². The first-order chi connectivity index (χ1) is 9.06. The predicted molar refractivity (Wildman–Crippen MR) is 78.5 cm³/mol. The third-order valence-electron chi connectivity index (χ3n) is 4.55. The quantitative estimate of drug-likeness (QED) is 0.831. The molecule has 0 spiro atoms. The van der Waals surface area contributed by atoms with Crippen LogP contribution in [0.5, 0.6) is 0 Å². The lowest BCUT2D eigenvalue weighted by atomic mass is 9.79. The third kappa shape index (κ3) is 4.04. The molecule has 0 amide bonds. The average Bonchev–Trinajstić information content (AvgIpc) is 2.39. The molecule has 1 fully saturated rings. The van der Waals surface area contributed by atoms with E-state index in [9.17, 15) is 4.39 Å². The molecule has 0 aromatic heterocycles. The Kier molecular flexibility index (Phi) is 4.98. The van der Waals surface area contributed by atoms with Crippen LogP contribution in [0.3, 0.4) is 0 Å². The van der Waals surface area contributed by atoms with Crippen LogP contribution in [-0.2, 0) is 0 Å². The van der Waals surface area contributed by atoms with E-state index in [-0.39, 0.29) is 11.9 Å². The summed E-state index contributed by atoms with van der Waals surface area (Å²) >= 11 is 0. The summed E-state index contributed by atoms with van der Waals surface area (Å²) in [6.07, 6.45) is 5.15. The van der Waals surface area contributed by atoms with E-state index in [4.69, 9.17) is 0 Å². The molecule has 106 valence electrons. The molecule has 0 aliphatic heterocycles. The third-order valence-corrected chi connectivity index (χ3v) is 4.55. The normalized spacial score (nSPS) is 25.5. The topological polar surface area (TPSA) is 12.0 Å². The molecule has 19 heavy (non-hydrogen) atoms. The summed E-state index contributed by atoms with van der Waals surface area (Å²) in [6.45, 7) is 6.78. The Bertz CT molecular complexity index is 394. The maximum atomic E-state index is 13.2. The summed E-state index contributed by atoms with van der Waals surface area (Å²) in [5.41, 5.74) is 1.05. The highest BCUT2D eigenvalue weighted by molar-refractivity contribution is 5.19. The standard InChI is InChI=1S/C17H26FN/c1-12(2)14-7-9-17(10-8-14)19-13(3)15-5-4-6-16(18)11-15/h4-6,11-14,17,19H,7-10H2,1-3H3/t13-,14?,17?/m0/s1. The predicted octanol–water partition coefficient (Wildman–Crippen LogP) is 4.69. The molecule has 0 saturated heterocycles. The Balaban J connectivity index is 1.85. The minimum Gasteiger partial charge on any atom is -0.307 e. The van der Waals surface area contributed by atoms with Gasteiger partial charge in [0.2, 0.25) is 0 Å². The molecule has 1 nitrogen and oxygen atoms in total. The van der Waals surface area contributed by atoms with Crippen LogP contribution in [0.25, 0.3) is 0 Å². The van der Waals surface area contributed by atoms with Crippen molar-refractivity contribution < 1.29 is 4.39 Å². The molecular formula is C17H26FN. The molecule has 1 aliphatic rings. The van der Waals surface area contributed by atoms with Gasteiger partial charge in [0.15, 0.2) is 0 Å². The Morgan fingerprint density at radius 1 is 1.11 bits per heavy atom. The molecule has 0 unspecified atom stereocenters. The van der Waals surface area contributed by atoms with E-state index < -0.39 is 0 Å². The molecule has 1 aromatic carbocycles. The number of hydrogen-bond acceptors (Lipinski definition) is 1. The molecular weight excluding hydrogens is 237 g/mol. The molecule has 0 heterocycles. The zero-order valence-electron chi connectivity index (χ0n) is 12.3. The highest BCUT2D eigenvalue weighted by atomic mass is 19.1. The molecule has 0 bridgehead atoms. The minimum atomic E-state index is -0.144. The van der Waals surface area contributed by atoms with Crippen LogP contribution in [0.4, 0.5) is 4.39 Å². The molecule has 2 rings (SSSR count). The van der Waals surface area contributed by atoms with Gasteiger partial charge in [0.25, 0.3) is 0 Å². The summed E-state index contributed by atoms with van der Waals surface area (Å²) in [6, 6.07) is 7.75. The number of benzene rings is 1. The Hall–Kier alpha value is -0.890. The van der Waals surface area contributed by atoms with Crippen molar-refractivity contribution >= 4 is 0 Å². The number of nitrogens with one attached hydrogen (secondary N) is 1. The van der Waals surface area contributed by atoms with Gasteiger partial charge in [-0.1, -0.05) is 26.0 Å². The summed E-state index contributed by atoms with van der Waals surface area (Å²) in [5, 5.41) is 3.66. The zero-order valence-corrected chi connectivity index (χ0v) is 12.3. The summed E-state index contributed by atoms with van der Waals surface area (Å²) in [5.74, 6) is 1.55. The molecule has 1 aliphatic carbocycles. The molecule has 1 saturated carbocycles. The van der Waals surface area contributed by atoms with Gasteiger partial charge in [-0.05, 0) is 62.1 Å². The SMILES string of the molecule is CC(C)C1CCC(N[C@@H](C)c2cccc(F)c2)CC1. The maximum Gasteiger partial charge on any atom is 0.123 e. The van der Waals surface area contributed by atoms with Gasteiger partial charge in [0.05, 0.1) is 0 Å². The van der Waals surface area contributed by atoms with Crippen LogP contribution in [0.1, 0.15) is 58.1 Å². The molecule has 1 aromatic rings. The van der Waals surface area contributed by atoms with Crippen LogP contribution in [0.15, 0.2) is 24.3 Å². The summed E-state index contributed by atoms with van der Waals surface area (Å²) in [4.78, 5) is 0. The second-order valence-corrected chi connectivity index (χ2v) is 6.30. The summed E-state index contributed by atoms with van der Waals surface area (Å²) < 4.78 is 13.2. The van der Waals surface area contributed by atoms with E-state index in [0.29, 0.717) is 6.04 Å². The van der Waals surface area contributed by atoms with Gasteiger partial charge in [-0.25, -0.2) is 4.39 Å². The second kappa shape index (κ2) is 6.51. The Morgan fingerprint density at radius 2 is 1.79 bits per heavy atom. The molecule has 1 atom stereocenters. The van der Waals surface area contributed by atoms with Crippen molar-refractivity contribution in [2.24, 2.45) is 11.8 Å². The first kappa shape index (κ1) is 14.5. The fourth-order valence-corrected chi connectivity index (χ4v) is 3.18. The van der Waals surface area contributed by atoms with E-state index in [1.165, 1.54) is 31.7 Å². The zero-order chi connectivity index (χ0) is 13.8. The van der Waals surface area contributed by atoms with Gasteiger partial charge in [-0.3, -0.25) is 0 Å². The fraction of sp³-hybridized carbons (Fsp3) is 0.647. The second-order valence-electron chi connectivity index (χ2n) is 6.30. The highest BCUT2D eigenvalue weighted by Gasteiger charge is 2.24. The fourth-order valence-electron chi connectivity index (χ4n) is 3.18. The van der Waals surface area contributed by atoms with Crippen molar-refractivity contribution in [1.29, 1.82) is 0 Å². The van der Waals surface area contributed by atoms with E-state index in [1.807, 2.05) is 6.07 Å². The van der Waals surface area contributed by atoms with E-state index >= 15 is 0 Å².